The number of hydrogen-bond acceptors (Lipinski definition) is 3. The number of rotatable bonds is 4. The van der Waals surface area contributed by atoms with Crippen LogP contribution in [0.3, 0.4) is 0 Å². The maximum Gasteiger partial charge on any atom is 0.416 e. The Labute approximate surface area is 133 Å². The van der Waals surface area contributed by atoms with Gasteiger partial charge in [-0.25, -0.2) is 8.42 Å². The third-order valence-corrected chi connectivity index (χ3v) is 6.28. The number of halogens is 3. The lowest BCUT2D eigenvalue weighted by atomic mass is 10.1. The Morgan fingerprint density at radius 3 is 2.43 bits per heavy atom. The second-order valence-corrected chi connectivity index (χ2v) is 7.94. The first kappa shape index (κ1) is 16.7. The van der Waals surface area contributed by atoms with Crippen molar-refractivity contribution in [2.24, 2.45) is 0 Å². The fourth-order valence-corrected chi connectivity index (χ4v) is 4.97. The maximum atomic E-state index is 12.9. The molecule has 1 saturated carbocycles. The van der Waals surface area contributed by atoms with Crippen molar-refractivity contribution in [2.75, 3.05) is 13.1 Å². The Hall–Kier alpha value is -1.12. The minimum absolute atomic E-state index is 0.0838. The van der Waals surface area contributed by atoms with Crippen molar-refractivity contribution in [3.05, 3.63) is 29.8 Å². The largest absolute Gasteiger partial charge is 0.416 e. The Morgan fingerprint density at radius 2 is 1.87 bits per heavy atom. The van der Waals surface area contributed by atoms with E-state index in [2.05, 4.69) is 5.32 Å². The summed E-state index contributed by atoms with van der Waals surface area (Å²) in [7, 11) is -3.93. The summed E-state index contributed by atoms with van der Waals surface area (Å²) in [5, 5.41) is 3.17. The van der Waals surface area contributed by atoms with Crippen molar-refractivity contribution in [1.82, 2.24) is 9.62 Å². The van der Waals surface area contributed by atoms with Gasteiger partial charge in [-0.3, -0.25) is 0 Å². The van der Waals surface area contributed by atoms with E-state index in [0.717, 1.165) is 50.4 Å². The van der Waals surface area contributed by atoms with Gasteiger partial charge >= 0.3 is 6.18 Å². The van der Waals surface area contributed by atoms with Crippen LogP contribution in [-0.4, -0.2) is 37.9 Å². The second kappa shape index (κ2) is 6.07. The number of sulfonamides is 1. The van der Waals surface area contributed by atoms with Gasteiger partial charge in [0.15, 0.2) is 0 Å². The summed E-state index contributed by atoms with van der Waals surface area (Å²) in [5.41, 5.74) is -0.934. The van der Waals surface area contributed by atoms with Gasteiger partial charge in [0, 0.05) is 18.6 Å². The molecule has 8 heteroatoms. The Kier molecular flexibility index (Phi) is 4.41. The lowest BCUT2D eigenvalue weighted by Gasteiger charge is -2.34. The summed E-state index contributed by atoms with van der Waals surface area (Å²) < 4.78 is 65.9. The van der Waals surface area contributed by atoms with Crippen molar-refractivity contribution >= 4 is 10.0 Å². The number of nitrogens with zero attached hydrogens (tertiary/aromatic N) is 1. The van der Waals surface area contributed by atoms with Gasteiger partial charge in [0.1, 0.15) is 0 Å². The molecule has 1 aromatic carbocycles. The normalized spacial score (nSPS) is 23.2. The lowest BCUT2D eigenvalue weighted by Crippen LogP contribution is -2.49. The van der Waals surface area contributed by atoms with Crippen molar-refractivity contribution < 1.29 is 21.6 Å². The standard InChI is InChI=1S/C15H19F3N2O2S/c16-15(17,18)11-3-1-5-14(9-11)23(21,22)20(12-6-7-12)13-4-2-8-19-10-13/h1,3,5,9,12-13,19H,2,4,6-8,10H2. The molecule has 2 fully saturated rings. The van der Waals surface area contributed by atoms with Crippen LogP contribution in [0.25, 0.3) is 0 Å². The molecule has 1 aromatic rings. The molecule has 0 amide bonds. The van der Waals surface area contributed by atoms with E-state index in [1.54, 1.807) is 0 Å². The van der Waals surface area contributed by atoms with Gasteiger partial charge in [-0.15, -0.1) is 0 Å². The summed E-state index contributed by atoms with van der Waals surface area (Å²) >= 11 is 0. The molecule has 3 rings (SSSR count). The second-order valence-electron chi connectivity index (χ2n) is 6.09. The lowest BCUT2D eigenvalue weighted by molar-refractivity contribution is -0.137. The summed E-state index contributed by atoms with van der Waals surface area (Å²) in [4.78, 5) is -0.273. The van der Waals surface area contributed by atoms with Crippen LogP contribution in [0.1, 0.15) is 31.2 Å². The highest BCUT2D eigenvalue weighted by Gasteiger charge is 2.43. The zero-order valence-corrected chi connectivity index (χ0v) is 13.3. The SMILES string of the molecule is O=S(=O)(c1cccc(C(F)(F)F)c1)N(C1CC1)C1CCCNC1. The van der Waals surface area contributed by atoms with Crippen LogP contribution in [-0.2, 0) is 16.2 Å². The first-order chi connectivity index (χ1) is 10.8. The number of nitrogens with one attached hydrogen (secondary N) is 1. The van der Waals surface area contributed by atoms with Gasteiger partial charge in [-0.05, 0) is 50.4 Å². The molecule has 1 atom stereocenters. The van der Waals surface area contributed by atoms with Gasteiger partial charge in [-0.1, -0.05) is 6.07 Å². The Balaban J connectivity index is 1.95. The smallest absolute Gasteiger partial charge is 0.315 e. The number of piperidine rings is 1. The highest BCUT2D eigenvalue weighted by atomic mass is 32.2. The molecule has 0 aromatic heterocycles. The highest BCUT2D eigenvalue weighted by Crippen LogP contribution is 2.37. The maximum absolute atomic E-state index is 12.9. The minimum Gasteiger partial charge on any atom is -0.315 e. The molecule has 0 radical (unpaired) electrons. The molecular weight excluding hydrogens is 329 g/mol. The fraction of sp³-hybridized carbons (Fsp3) is 0.600. The van der Waals surface area contributed by atoms with Crippen LogP contribution in [0.5, 0.6) is 0 Å². The van der Waals surface area contributed by atoms with Gasteiger partial charge in [0.25, 0.3) is 0 Å². The van der Waals surface area contributed by atoms with Crippen LogP contribution in [0.4, 0.5) is 13.2 Å². The van der Waals surface area contributed by atoms with Gasteiger partial charge < -0.3 is 5.32 Å². The molecule has 1 saturated heterocycles. The van der Waals surface area contributed by atoms with Crippen molar-refractivity contribution in [2.45, 2.75) is 48.8 Å². The number of hydrogen-bond donors (Lipinski definition) is 1. The van der Waals surface area contributed by atoms with Gasteiger partial charge in [0.05, 0.1) is 10.5 Å². The van der Waals surface area contributed by atoms with Crippen molar-refractivity contribution in [3.63, 3.8) is 0 Å². The van der Waals surface area contributed by atoms with Crippen LogP contribution in [0.15, 0.2) is 29.2 Å². The zero-order chi connectivity index (χ0) is 16.7. The van der Waals surface area contributed by atoms with E-state index in [9.17, 15) is 21.6 Å². The van der Waals surface area contributed by atoms with Gasteiger partial charge in [-0.2, -0.15) is 17.5 Å². The Bertz CT molecular complexity index is 666. The number of alkyl halides is 3. The molecule has 128 valence electrons. The molecular formula is C15H19F3N2O2S. The average molecular weight is 348 g/mol. The van der Waals surface area contributed by atoms with E-state index in [1.807, 2.05) is 0 Å². The third-order valence-electron chi connectivity index (χ3n) is 4.27. The molecule has 1 unspecified atom stereocenters. The van der Waals surface area contributed by atoms with Crippen LogP contribution < -0.4 is 5.32 Å². The molecule has 0 spiro atoms. The number of benzene rings is 1. The molecule has 23 heavy (non-hydrogen) atoms. The monoisotopic (exact) mass is 348 g/mol. The van der Waals surface area contributed by atoms with E-state index in [1.165, 1.54) is 10.4 Å². The summed E-state index contributed by atoms with van der Waals surface area (Å²) in [6, 6.07) is 3.76. The predicted octanol–water partition coefficient (Wildman–Crippen LogP) is 2.61. The molecule has 1 aliphatic carbocycles. The third kappa shape index (κ3) is 3.54. The quantitative estimate of drug-likeness (QED) is 0.910. The molecule has 1 N–H and O–H groups in total. The molecule has 2 aliphatic rings. The van der Waals surface area contributed by atoms with Crippen LogP contribution >= 0.6 is 0 Å². The van der Waals surface area contributed by atoms with Crippen LogP contribution in [0.2, 0.25) is 0 Å². The molecule has 1 aliphatic heterocycles. The van der Waals surface area contributed by atoms with Crippen molar-refractivity contribution in [1.29, 1.82) is 0 Å². The first-order valence-corrected chi connectivity index (χ1v) is 9.15. The fourth-order valence-electron chi connectivity index (χ4n) is 3.02. The summed E-state index contributed by atoms with van der Waals surface area (Å²) in [6.45, 7) is 1.40. The Morgan fingerprint density at radius 1 is 1.13 bits per heavy atom. The van der Waals surface area contributed by atoms with E-state index >= 15 is 0 Å². The highest BCUT2D eigenvalue weighted by molar-refractivity contribution is 7.89. The predicted molar refractivity (Wildman–Crippen MR) is 79.4 cm³/mol. The molecule has 4 nitrogen and oxygen atoms in total. The van der Waals surface area contributed by atoms with E-state index in [0.29, 0.717) is 6.54 Å². The zero-order valence-electron chi connectivity index (χ0n) is 12.5. The van der Waals surface area contributed by atoms with E-state index < -0.39 is 21.8 Å². The topological polar surface area (TPSA) is 49.4 Å². The first-order valence-electron chi connectivity index (χ1n) is 7.71. The summed E-state index contributed by atoms with van der Waals surface area (Å²) in [6.07, 6.45) is -1.40. The molecule has 0 bridgehead atoms. The summed E-state index contributed by atoms with van der Waals surface area (Å²) in [5.74, 6) is 0. The van der Waals surface area contributed by atoms with Crippen LogP contribution in [0, 0.1) is 0 Å². The van der Waals surface area contributed by atoms with E-state index in [-0.39, 0.29) is 17.0 Å². The van der Waals surface area contributed by atoms with E-state index in [4.69, 9.17) is 0 Å². The van der Waals surface area contributed by atoms with Gasteiger partial charge in [0.2, 0.25) is 10.0 Å². The average Bonchev–Trinajstić information content (AvgIpc) is 3.32. The van der Waals surface area contributed by atoms with Crippen molar-refractivity contribution in [3.8, 4) is 0 Å². The minimum atomic E-state index is -4.55. The molecule has 1 heterocycles.